The van der Waals surface area contributed by atoms with Crippen LogP contribution in [0.4, 0.5) is 0 Å². The maximum Gasteiger partial charge on any atom is 0.264 e. The molecule has 0 bridgehead atoms. The van der Waals surface area contributed by atoms with Crippen LogP contribution < -0.4 is 0 Å². The van der Waals surface area contributed by atoms with E-state index in [1.165, 1.54) is 23.5 Å². The predicted octanol–water partition coefficient (Wildman–Crippen LogP) is 3.50. The summed E-state index contributed by atoms with van der Waals surface area (Å²) in [6, 6.07) is 8.34. The molecule has 0 atom stereocenters. The van der Waals surface area contributed by atoms with Crippen molar-refractivity contribution in [2.24, 2.45) is 5.92 Å². The fourth-order valence-corrected chi connectivity index (χ4v) is 3.83. The van der Waals surface area contributed by atoms with Crippen molar-refractivity contribution in [2.75, 3.05) is 13.1 Å². The highest BCUT2D eigenvalue weighted by Gasteiger charge is 2.29. The van der Waals surface area contributed by atoms with E-state index in [0.717, 1.165) is 10.4 Å². The van der Waals surface area contributed by atoms with Crippen LogP contribution in [0.1, 0.15) is 38.4 Å². The van der Waals surface area contributed by atoms with Crippen molar-refractivity contribution in [1.29, 1.82) is 0 Å². The summed E-state index contributed by atoms with van der Waals surface area (Å²) in [5.74, 6) is 0.291. The molecule has 2 aromatic rings. The number of aryl methyl sites for hydroxylation is 1. The first kappa shape index (κ1) is 15.7. The normalized spacial score (nSPS) is 15.6. The number of rotatable bonds is 3. The number of phenols is 1. The van der Waals surface area contributed by atoms with E-state index in [2.05, 4.69) is 0 Å². The van der Waals surface area contributed by atoms with Crippen LogP contribution in [0.25, 0.3) is 0 Å². The molecule has 0 unspecified atom stereocenters. The summed E-state index contributed by atoms with van der Waals surface area (Å²) < 4.78 is 0. The Hall–Kier alpha value is -2.14. The highest BCUT2D eigenvalue weighted by Crippen LogP contribution is 2.25. The third-order valence-corrected chi connectivity index (χ3v) is 5.37. The van der Waals surface area contributed by atoms with Crippen LogP contribution >= 0.6 is 11.3 Å². The minimum atomic E-state index is -0.0481. The Morgan fingerprint density at radius 2 is 1.78 bits per heavy atom. The monoisotopic (exact) mass is 329 g/mol. The summed E-state index contributed by atoms with van der Waals surface area (Å²) in [6.07, 6.45) is 1.38. The molecule has 1 amide bonds. The van der Waals surface area contributed by atoms with Crippen molar-refractivity contribution in [3.63, 3.8) is 0 Å². The summed E-state index contributed by atoms with van der Waals surface area (Å²) in [5, 5.41) is 11.2. The lowest BCUT2D eigenvalue weighted by atomic mass is 9.89. The number of carbonyl (C=O) groups is 2. The molecule has 0 saturated carbocycles. The molecule has 5 heteroatoms. The molecule has 0 radical (unpaired) electrons. The number of Topliss-reactive ketones (excluding diaryl/α,β-unsaturated/α-hetero) is 1. The number of hydrogen-bond acceptors (Lipinski definition) is 4. The van der Waals surface area contributed by atoms with Gasteiger partial charge in [-0.2, -0.15) is 0 Å². The van der Waals surface area contributed by atoms with Gasteiger partial charge in [-0.25, -0.2) is 0 Å². The number of phenolic OH excluding ortho intramolecular Hbond substituents is 1. The molecular weight excluding hydrogens is 310 g/mol. The molecule has 1 aromatic carbocycles. The Bertz CT molecular complexity index is 712. The van der Waals surface area contributed by atoms with Crippen molar-refractivity contribution in [2.45, 2.75) is 19.8 Å². The first-order valence-corrected chi connectivity index (χ1v) is 8.61. The molecule has 23 heavy (non-hydrogen) atoms. The molecular formula is C18H19NO3S. The fourth-order valence-electron chi connectivity index (χ4n) is 2.94. The molecule has 1 fully saturated rings. The molecule has 2 heterocycles. The lowest BCUT2D eigenvalue weighted by Crippen LogP contribution is -2.40. The number of ketones is 1. The van der Waals surface area contributed by atoms with Gasteiger partial charge < -0.3 is 10.0 Å². The number of carbonyl (C=O) groups excluding carboxylic acids is 2. The van der Waals surface area contributed by atoms with Crippen LogP contribution in [0.15, 0.2) is 35.7 Å². The van der Waals surface area contributed by atoms with Crippen LogP contribution in [0, 0.1) is 12.8 Å². The van der Waals surface area contributed by atoms with Gasteiger partial charge in [0.05, 0.1) is 4.88 Å². The maximum absolute atomic E-state index is 12.5. The molecule has 1 aliphatic rings. The van der Waals surface area contributed by atoms with Gasteiger partial charge in [-0.05, 0) is 61.0 Å². The van der Waals surface area contributed by atoms with Gasteiger partial charge >= 0.3 is 0 Å². The quantitative estimate of drug-likeness (QED) is 0.877. The summed E-state index contributed by atoms with van der Waals surface area (Å²) in [7, 11) is 0. The van der Waals surface area contributed by atoms with E-state index in [0.29, 0.717) is 31.5 Å². The van der Waals surface area contributed by atoms with Gasteiger partial charge in [0.15, 0.2) is 5.78 Å². The van der Waals surface area contributed by atoms with Gasteiger partial charge in [-0.1, -0.05) is 0 Å². The number of amides is 1. The van der Waals surface area contributed by atoms with E-state index in [4.69, 9.17) is 0 Å². The highest BCUT2D eigenvalue weighted by molar-refractivity contribution is 7.12. The molecule has 0 aliphatic carbocycles. The summed E-state index contributed by atoms with van der Waals surface area (Å²) >= 11 is 1.47. The first-order chi connectivity index (χ1) is 11.1. The molecule has 0 spiro atoms. The van der Waals surface area contributed by atoms with Crippen LogP contribution in [0.2, 0.25) is 0 Å². The fraction of sp³-hybridized carbons (Fsp3) is 0.333. The van der Waals surface area contributed by atoms with E-state index < -0.39 is 0 Å². The number of piperidine rings is 1. The number of nitrogens with zero attached hydrogens (tertiary/aromatic N) is 1. The lowest BCUT2D eigenvalue weighted by Gasteiger charge is -2.31. The smallest absolute Gasteiger partial charge is 0.264 e. The van der Waals surface area contributed by atoms with E-state index in [-0.39, 0.29) is 23.4 Å². The van der Waals surface area contributed by atoms with Crippen molar-refractivity contribution >= 4 is 23.0 Å². The second-order valence-corrected chi connectivity index (χ2v) is 6.83. The van der Waals surface area contributed by atoms with Crippen molar-refractivity contribution < 1.29 is 14.7 Å². The van der Waals surface area contributed by atoms with E-state index >= 15 is 0 Å². The van der Waals surface area contributed by atoms with Crippen molar-refractivity contribution in [1.82, 2.24) is 4.90 Å². The van der Waals surface area contributed by atoms with Gasteiger partial charge in [-0.15, -0.1) is 11.3 Å². The third kappa shape index (κ3) is 3.29. The average Bonchev–Trinajstić information content (AvgIpc) is 3.00. The van der Waals surface area contributed by atoms with Crippen LogP contribution in [-0.4, -0.2) is 34.8 Å². The Morgan fingerprint density at radius 1 is 1.13 bits per heavy atom. The molecule has 3 rings (SSSR count). The SMILES string of the molecule is Cc1ccsc1C(=O)N1CCC(C(=O)c2ccc(O)cc2)CC1. The Balaban J connectivity index is 1.62. The van der Waals surface area contributed by atoms with E-state index in [1.54, 1.807) is 12.1 Å². The standard InChI is InChI=1S/C18H19NO3S/c1-12-8-11-23-17(12)18(22)19-9-6-14(7-10-19)16(21)13-2-4-15(20)5-3-13/h2-5,8,11,14,20H,6-7,9-10H2,1H3. The van der Waals surface area contributed by atoms with Gasteiger partial charge in [-0.3, -0.25) is 9.59 Å². The number of thiophene rings is 1. The van der Waals surface area contributed by atoms with Gasteiger partial charge in [0.1, 0.15) is 5.75 Å². The summed E-state index contributed by atoms with van der Waals surface area (Å²) in [4.78, 5) is 27.6. The number of hydrogen-bond donors (Lipinski definition) is 1. The maximum atomic E-state index is 12.5. The molecule has 120 valence electrons. The van der Waals surface area contributed by atoms with Crippen LogP contribution in [0.5, 0.6) is 5.75 Å². The zero-order chi connectivity index (χ0) is 16.4. The van der Waals surface area contributed by atoms with Crippen molar-refractivity contribution in [3.8, 4) is 5.75 Å². The van der Waals surface area contributed by atoms with Gasteiger partial charge in [0.2, 0.25) is 0 Å². The third-order valence-electron chi connectivity index (χ3n) is 4.36. The molecule has 1 N–H and O–H groups in total. The Morgan fingerprint density at radius 3 is 2.35 bits per heavy atom. The predicted molar refractivity (Wildman–Crippen MR) is 90.1 cm³/mol. The average molecular weight is 329 g/mol. The molecule has 4 nitrogen and oxygen atoms in total. The number of likely N-dealkylation sites (tertiary alicyclic amines) is 1. The van der Waals surface area contributed by atoms with Crippen molar-refractivity contribution in [3.05, 3.63) is 51.7 Å². The zero-order valence-electron chi connectivity index (χ0n) is 13.0. The summed E-state index contributed by atoms with van der Waals surface area (Å²) in [6.45, 7) is 3.18. The van der Waals surface area contributed by atoms with Crippen LogP contribution in [-0.2, 0) is 0 Å². The molecule has 1 saturated heterocycles. The largest absolute Gasteiger partial charge is 0.508 e. The minimum absolute atomic E-state index is 0.0481. The second-order valence-electron chi connectivity index (χ2n) is 5.91. The van der Waals surface area contributed by atoms with Gasteiger partial charge in [0, 0.05) is 24.6 Å². The molecule has 1 aliphatic heterocycles. The van der Waals surface area contributed by atoms with Crippen LogP contribution in [0.3, 0.4) is 0 Å². The van der Waals surface area contributed by atoms with Gasteiger partial charge in [0.25, 0.3) is 5.91 Å². The molecule has 1 aromatic heterocycles. The Labute approximate surface area is 139 Å². The summed E-state index contributed by atoms with van der Waals surface area (Å²) in [5.41, 5.74) is 1.64. The van der Waals surface area contributed by atoms with E-state index in [1.807, 2.05) is 23.3 Å². The minimum Gasteiger partial charge on any atom is -0.508 e. The lowest BCUT2D eigenvalue weighted by molar-refractivity contribution is 0.0653. The number of aromatic hydroxyl groups is 1. The van der Waals surface area contributed by atoms with E-state index in [9.17, 15) is 14.7 Å². The second kappa shape index (κ2) is 6.54. The zero-order valence-corrected chi connectivity index (χ0v) is 13.8. The topological polar surface area (TPSA) is 57.6 Å². The first-order valence-electron chi connectivity index (χ1n) is 7.73. The highest BCUT2D eigenvalue weighted by atomic mass is 32.1. The number of benzene rings is 1. The Kier molecular flexibility index (Phi) is 4.48.